The van der Waals surface area contributed by atoms with Crippen LogP contribution in [0.15, 0.2) is 248 Å². The molecule has 1 heterocycles. The normalized spacial score (nSPS) is 13.4. The second kappa shape index (κ2) is 29.5. The number of nitrogens with zero attached hydrogens (tertiary/aromatic N) is 1. The zero-order valence-corrected chi connectivity index (χ0v) is 43.5. The minimum Gasteiger partial charge on any atom is -0.338 e. The predicted molar refractivity (Wildman–Crippen MR) is 307 cm³/mol. The Bertz CT molecular complexity index is 2750. The van der Waals surface area contributed by atoms with Gasteiger partial charge < -0.3 is 4.90 Å². The molecule has 0 spiro atoms. The highest BCUT2D eigenvalue weighted by Crippen LogP contribution is 2.49. The summed E-state index contributed by atoms with van der Waals surface area (Å²) in [7, 11) is 0. The van der Waals surface area contributed by atoms with Gasteiger partial charge in [0.25, 0.3) is 0 Å². The van der Waals surface area contributed by atoms with Crippen molar-refractivity contribution in [1.82, 2.24) is 0 Å². The molecule has 1 heteroatoms. The summed E-state index contributed by atoms with van der Waals surface area (Å²) in [5.41, 5.74) is 19.6. The van der Waals surface area contributed by atoms with Crippen molar-refractivity contribution in [2.45, 2.75) is 94.5 Å². The fourth-order valence-electron chi connectivity index (χ4n) is 8.49. The fraction of sp³-hybridized carbons (Fsp3) is 0.206. The number of benzene rings is 8. The molecule has 0 bridgehead atoms. The van der Waals surface area contributed by atoms with Gasteiger partial charge in [0.2, 0.25) is 0 Å². The second-order valence-electron chi connectivity index (χ2n) is 16.8. The first-order valence-corrected chi connectivity index (χ1v) is 25.0. The van der Waals surface area contributed by atoms with E-state index in [0.717, 1.165) is 5.70 Å². The maximum absolute atomic E-state index is 4.26. The molecule has 1 aliphatic carbocycles. The van der Waals surface area contributed by atoms with Gasteiger partial charge in [0, 0.05) is 17.3 Å². The zero-order valence-electron chi connectivity index (χ0n) is 43.5. The summed E-state index contributed by atoms with van der Waals surface area (Å²) in [4.78, 5) is 2.41. The lowest BCUT2D eigenvalue weighted by molar-refractivity contribution is 0.690. The lowest BCUT2D eigenvalue weighted by Crippen LogP contribution is -2.34. The number of aryl methyl sites for hydroxylation is 3. The first-order chi connectivity index (χ1) is 33.7. The van der Waals surface area contributed by atoms with Gasteiger partial charge in [-0.15, -0.1) is 0 Å². The molecule has 0 amide bonds. The Morgan fingerprint density at radius 2 is 0.855 bits per heavy atom. The fourth-order valence-corrected chi connectivity index (χ4v) is 8.49. The number of fused-ring (bicyclic) bond motifs is 3. The van der Waals surface area contributed by atoms with Gasteiger partial charge in [0.05, 0.1) is 6.04 Å². The van der Waals surface area contributed by atoms with Crippen molar-refractivity contribution in [3.05, 3.63) is 276 Å². The van der Waals surface area contributed by atoms with Crippen LogP contribution in [0, 0.1) is 20.8 Å². The summed E-state index contributed by atoms with van der Waals surface area (Å²) in [5, 5.41) is 0. The summed E-state index contributed by atoms with van der Waals surface area (Å²) >= 11 is 0. The summed E-state index contributed by atoms with van der Waals surface area (Å²) in [5.74, 6) is 0.408. The molecule has 0 N–H and O–H groups in total. The molecular weight excluding hydrogens is 831 g/mol. The van der Waals surface area contributed by atoms with E-state index in [2.05, 4.69) is 242 Å². The van der Waals surface area contributed by atoms with Crippen LogP contribution in [0.1, 0.15) is 95.5 Å². The number of allylic oxidation sites excluding steroid dienone is 3. The lowest BCUT2D eigenvalue weighted by atomic mass is 9.81. The van der Waals surface area contributed by atoms with Gasteiger partial charge in [-0.2, -0.15) is 0 Å². The van der Waals surface area contributed by atoms with Crippen molar-refractivity contribution in [2.75, 3.05) is 4.90 Å². The van der Waals surface area contributed by atoms with Crippen LogP contribution in [0.3, 0.4) is 0 Å². The van der Waals surface area contributed by atoms with Crippen LogP contribution in [0.4, 0.5) is 5.69 Å². The lowest BCUT2D eigenvalue weighted by Gasteiger charge is -2.34. The van der Waals surface area contributed by atoms with Crippen molar-refractivity contribution >= 4 is 11.3 Å². The van der Waals surface area contributed by atoms with Crippen molar-refractivity contribution in [2.24, 2.45) is 0 Å². The summed E-state index contributed by atoms with van der Waals surface area (Å²) in [6.45, 7) is 27.4. The largest absolute Gasteiger partial charge is 0.338 e. The van der Waals surface area contributed by atoms with Gasteiger partial charge in [-0.3, -0.25) is 0 Å². The van der Waals surface area contributed by atoms with Gasteiger partial charge in [-0.05, 0) is 114 Å². The highest BCUT2D eigenvalue weighted by Gasteiger charge is 2.40. The standard InChI is InChI=1S/C23H23N.C19H16.C13H12.C6H6.C3H8.2C2H6/c1-15(2)24-22-12-8-7-11-20(22)21-14-13-19(17(4)23(21)24)18-10-6-5-9-16(18)3;1-15-7-5-10-17(13-15)19-12-6-11-18(14-19)16-8-3-2-4-9-16;1-11-7-5-6-10-13(11)12-8-3-2-4-9-12;1-2-4-6-5-3-1;1-3-2;2*1-2/h5-14,21,23H,1H2,2-4H3;2-14H,1H3;2-10H,1H3;1-6H;3H2,1-2H3;2*1-2H3. The smallest absolute Gasteiger partial charge is 0.0658 e. The van der Waals surface area contributed by atoms with Gasteiger partial charge in [-0.25, -0.2) is 0 Å². The van der Waals surface area contributed by atoms with Crippen LogP contribution < -0.4 is 4.90 Å². The molecule has 8 aromatic carbocycles. The average molecular weight is 908 g/mol. The number of anilines is 1. The number of hydrogen-bond donors (Lipinski definition) is 0. The quantitative estimate of drug-likeness (QED) is 0.166. The van der Waals surface area contributed by atoms with Crippen LogP contribution in [0.25, 0.3) is 39.0 Å². The van der Waals surface area contributed by atoms with Crippen LogP contribution in [0.2, 0.25) is 0 Å². The topological polar surface area (TPSA) is 3.24 Å². The molecule has 10 rings (SSSR count). The van der Waals surface area contributed by atoms with Crippen molar-refractivity contribution < 1.29 is 0 Å². The molecule has 2 unspecified atom stereocenters. The third kappa shape index (κ3) is 15.4. The summed E-state index contributed by atoms with van der Waals surface area (Å²) in [6.07, 6.45) is 5.94. The highest BCUT2D eigenvalue weighted by molar-refractivity contribution is 5.84. The number of hydrogen-bond acceptors (Lipinski definition) is 1. The molecule has 8 aromatic rings. The van der Waals surface area contributed by atoms with E-state index >= 15 is 0 Å². The minimum absolute atomic E-state index is 0.333. The van der Waals surface area contributed by atoms with Crippen LogP contribution in [-0.2, 0) is 0 Å². The van der Waals surface area contributed by atoms with E-state index in [9.17, 15) is 0 Å². The maximum Gasteiger partial charge on any atom is 0.0658 e. The Morgan fingerprint density at radius 3 is 1.38 bits per heavy atom. The van der Waals surface area contributed by atoms with Crippen molar-refractivity contribution in [3.8, 4) is 33.4 Å². The van der Waals surface area contributed by atoms with E-state index in [4.69, 9.17) is 0 Å². The summed E-state index contributed by atoms with van der Waals surface area (Å²) < 4.78 is 0. The van der Waals surface area contributed by atoms with E-state index in [0.29, 0.717) is 12.0 Å². The second-order valence-corrected chi connectivity index (χ2v) is 16.8. The molecule has 2 atom stereocenters. The van der Waals surface area contributed by atoms with E-state index in [1.54, 1.807) is 0 Å². The van der Waals surface area contributed by atoms with E-state index < -0.39 is 0 Å². The maximum atomic E-state index is 4.26. The van der Waals surface area contributed by atoms with E-state index in [1.165, 1.54) is 84.5 Å². The molecule has 0 fully saturated rings. The van der Waals surface area contributed by atoms with Crippen LogP contribution >= 0.6 is 0 Å². The average Bonchev–Trinajstić information content (AvgIpc) is 3.76. The molecule has 0 radical (unpaired) electrons. The Morgan fingerprint density at radius 1 is 0.449 bits per heavy atom. The van der Waals surface area contributed by atoms with Gasteiger partial charge in [0.1, 0.15) is 0 Å². The molecule has 0 aromatic heterocycles. The Labute approximate surface area is 418 Å². The predicted octanol–water partition coefficient (Wildman–Crippen LogP) is 20.0. The zero-order chi connectivity index (χ0) is 50.0. The molecule has 0 saturated heterocycles. The van der Waals surface area contributed by atoms with Gasteiger partial charge in [0.15, 0.2) is 0 Å². The SMILES string of the molecule is C=C(C)N1c2ccccc2C2C=CC(c3ccccc3C)=C(C)C21.CC.CC.CCC.Cc1cccc(-c2cccc(-c3ccccc3)c2)c1.Cc1ccccc1-c1ccccc1.c1ccccc1. The highest BCUT2D eigenvalue weighted by atomic mass is 15.2. The Kier molecular flexibility index (Phi) is 23.3. The Balaban J connectivity index is 0.000000205. The van der Waals surface area contributed by atoms with Gasteiger partial charge in [-0.1, -0.05) is 279 Å². The molecule has 69 heavy (non-hydrogen) atoms. The number of para-hydroxylation sites is 1. The monoisotopic (exact) mass is 908 g/mol. The molecule has 0 saturated carbocycles. The third-order valence-corrected chi connectivity index (χ3v) is 11.6. The van der Waals surface area contributed by atoms with Crippen molar-refractivity contribution in [1.29, 1.82) is 0 Å². The van der Waals surface area contributed by atoms with E-state index in [-0.39, 0.29) is 0 Å². The molecular formula is C68H77N. The first-order valence-electron chi connectivity index (χ1n) is 25.0. The Hall–Kier alpha value is -7.22. The van der Waals surface area contributed by atoms with Gasteiger partial charge >= 0.3 is 0 Å². The molecule has 2 aliphatic rings. The van der Waals surface area contributed by atoms with Crippen LogP contribution in [-0.4, -0.2) is 6.04 Å². The number of rotatable bonds is 5. The van der Waals surface area contributed by atoms with Crippen molar-refractivity contribution in [3.63, 3.8) is 0 Å². The summed E-state index contributed by atoms with van der Waals surface area (Å²) in [6, 6.07) is 76.5. The third-order valence-electron chi connectivity index (χ3n) is 11.6. The minimum atomic E-state index is 0.333. The van der Waals surface area contributed by atoms with E-state index in [1.807, 2.05) is 76.2 Å². The van der Waals surface area contributed by atoms with Crippen LogP contribution in [0.5, 0.6) is 0 Å². The molecule has 1 aliphatic heterocycles. The first kappa shape index (κ1) is 54.4. The molecule has 354 valence electrons. The molecule has 1 nitrogen and oxygen atoms in total.